The van der Waals surface area contributed by atoms with E-state index < -0.39 is 15.8 Å². The molecule has 0 radical (unpaired) electrons. The number of hydrogen-bond acceptors (Lipinski definition) is 3. The SMILES string of the molecule is C[CH2][Ta]([CH2]C)([CH2]C)([CH2]C)[CH](C)N(OC)OC. The average molecular weight is 401 g/mol. The molecule has 0 aliphatic heterocycles. The number of hydrogen-bond donors (Lipinski definition) is 0. The second-order valence-electron chi connectivity index (χ2n) is 4.62. The molecular weight excluding hydrogens is 371 g/mol. The predicted molar refractivity (Wildman–Crippen MR) is 67.2 cm³/mol. The molecule has 4 heteroatoms. The molecule has 0 saturated heterocycles. The van der Waals surface area contributed by atoms with Crippen LogP contribution in [0.2, 0.25) is 18.6 Å². The summed E-state index contributed by atoms with van der Waals surface area (Å²) in [6.07, 6.45) is 0. The van der Waals surface area contributed by atoms with E-state index in [-0.39, 0.29) is 0 Å². The van der Waals surface area contributed by atoms with Gasteiger partial charge in [-0.15, -0.1) is 0 Å². The van der Waals surface area contributed by atoms with E-state index in [0.717, 1.165) is 0 Å². The normalized spacial score (nSPS) is 17.1. The summed E-state index contributed by atoms with van der Waals surface area (Å²) < 4.78 is 5.84. The van der Waals surface area contributed by atoms with E-state index in [4.69, 9.17) is 9.68 Å². The van der Waals surface area contributed by atoms with Crippen LogP contribution in [0.25, 0.3) is 0 Å². The standard InChI is InChI=1S/C4H10NO2.4C2H5.Ta/c1-4-5(6-2)7-3;4*1-2;/h4H,1-3H3;4*1H2,2H3;. The van der Waals surface area contributed by atoms with Crippen molar-refractivity contribution in [2.45, 2.75) is 57.4 Å². The topological polar surface area (TPSA) is 21.7 Å². The molecule has 1 atom stereocenters. The van der Waals surface area contributed by atoms with Crippen molar-refractivity contribution >= 4 is 0 Å². The molecule has 0 saturated carbocycles. The van der Waals surface area contributed by atoms with Gasteiger partial charge < -0.3 is 0 Å². The van der Waals surface area contributed by atoms with E-state index >= 15 is 0 Å². The van der Waals surface area contributed by atoms with Gasteiger partial charge in [0.15, 0.2) is 0 Å². The molecule has 16 heavy (non-hydrogen) atoms. The third kappa shape index (κ3) is 2.55. The molecule has 0 heterocycles. The van der Waals surface area contributed by atoms with Gasteiger partial charge in [0.05, 0.1) is 0 Å². The number of hydroxylamine groups is 2. The Morgan fingerprint density at radius 1 is 0.875 bits per heavy atom. The second-order valence-corrected chi connectivity index (χ2v) is 31.3. The van der Waals surface area contributed by atoms with E-state index in [9.17, 15) is 0 Å². The van der Waals surface area contributed by atoms with Gasteiger partial charge in [0, 0.05) is 0 Å². The molecule has 0 aliphatic carbocycles. The van der Waals surface area contributed by atoms with Crippen LogP contribution in [-0.4, -0.2) is 23.7 Å². The van der Waals surface area contributed by atoms with E-state index in [1.165, 1.54) is 18.6 Å². The van der Waals surface area contributed by atoms with Crippen molar-refractivity contribution in [1.82, 2.24) is 5.23 Å². The van der Waals surface area contributed by atoms with Gasteiger partial charge in [-0.25, -0.2) is 0 Å². The summed E-state index contributed by atoms with van der Waals surface area (Å²) in [6, 6.07) is 0. The van der Waals surface area contributed by atoms with Crippen LogP contribution in [0.1, 0.15) is 34.6 Å². The van der Waals surface area contributed by atoms with Crippen molar-refractivity contribution in [2.24, 2.45) is 0 Å². The molecular formula is C12H30NO2Ta. The van der Waals surface area contributed by atoms with Crippen LogP contribution >= 0.6 is 0 Å². The Bertz CT molecular complexity index is 180. The molecule has 0 amide bonds. The first-order valence-electron chi connectivity index (χ1n) is 6.37. The molecule has 0 rings (SSSR count). The van der Waals surface area contributed by atoms with Crippen molar-refractivity contribution in [1.29, 1.82) is 0 Å². The summed E-state index contributed by atoms with van der Waals surface area (Å²) in [5.41, 5.74) is 0. The van der Waals surface area contributed by atoms with Gasteiger partial charge in [0.25, 0.3) is 0 Å². The zero-order chi connectivity index (χ0) is 12.8. The van der Waals surface area contributed by atoms with E-state index in [1.54, 1.807) is 19.4 Å². The Kier molecular flexibility index (Phi) is 6.78. The first kappa shape index (κ1) is 16.6. The Hall–Kier alpha value is 0.620. The fourth-order valence-electron chi connectivity index (χ4n) is 3.04. The van der Waals surface area contributed by atoms with Gasteiger partial charge in [0.2, 0.25) is 0 Å². The quantitative estimate of drug-likeness (QED) is 0.569. The number of rotatable bonds is 8. The van der Waals surface area contributed by atoms with Crippen LogP contribution in [0.15, 0.2) is 0 Å². The molecule has 0 N–H and O–H groups in total. The van der Waals surface area contributed by atoms with Crippen molar-refractivity contribution in [2.75, 3.05) is 14.2 Å². The van der Waals surface area contributed by atoms with E-state index in [1.807, 2.05) is 0 Å². The van der Waals surface area contributed by atoms with Gasteiger partial charge in [0.1, 0.15) is 0 Å². The molecule has 100 valence electrons. The monoisotopic (exact) mass is 401 g/mol. The molecule has 0 fully saturated rings. The molecule has 0 bridgehead atoms. The van der Waals surface area contributed by atoms with Gasteiger partial charge in [-0.3, -0.25) is 0 Å². The minimum atomic E-state index is -2.79. The van der Waals surface area contributed by atoms with Crippen molar-refractivity contribution < 1.29 is 25.5 Å². The van der Waals surface area contributed by atoms with Crippen molar-refractivity contribution in [3.63, 3.8) is 0 Å². The second kappa shape index (κ2) is 6.53. The van der Waals surface area contributed by atoms with Gasteiger partial charge in [-0.2, -0.15) is 0 Å². The van der Waals surface area contributed by atoms with Crippen LogP contribution in [0.3, 0.4) is 0 Å². The molecule has 1 unspecified atom stereocenters. The molecule has 0 spiro atoms. The Morgan fingerprint density at radius 2 is 1.19 bits per heavy atom. The fraction of sp³-hybridized carbons (Fsp3) is 1.00. The molecule has 0 aromatic carbocycles. The summed E-state index contributed by atoms with van der Waals surface area (Å²) in [4.78, 5) is 10.7. The van der Waals surface area contributed by atoms with Gasteiger partial charge in [-0.1, -0.05) is 0 Å². The van der Waals surface area contributed by atoms with Crippen LogP contribution < -0.4 is 0 Å². The van der Waals surface area contributed by atoms with Crippen LogP contribution in [0.5, 0.6) is 0 Å². The molecule has 0 aliphatic rings. The summed E-state index contributed by atoms with van der Waals surface area (Å²) >= 11 is -2.79. The molecule has 3 nitrogen and oxygen atoms in total. The Morgan fingerprint density at radius 3 is 1.38 bits per heavy atom. The van der Waals surface area contributed by atoms with E-state index in [0.29, 0.717) is 4.26 Å². The third-order valence-corrected chi connectivity index (χ3v) is 37.9. The third-order valence-electron chi connectivity index (χ3n) is 5.14. The van der Waals surface area contributed by atoms with Crippen molar-refractivity contribution in [3.05, 3.63) is 0 Å². The van der Waals surface area contributed by atoms with Crippen LogP contribution in [0.4, 0.5) is 0 Å². The molecule has 0 aromatic heterocycles. The molecule has 0 aromatic rings. The van der Waals surface area contributed by atoms with Crippen LogP contribution in [0, 0.1) is 0 Å². The zero-order valence-electron chi connectivity index (χ0n) is 12.1. The van der Waals surface area contributed by atoms with Crippen LogP contribution in [-0.2, 0) is 25.5 Å². The summed E-state index contributed by atoms with van der Waals surface area (Å²) in [6.45, 7) is 11.8. The minimum absolute atomic E-state index is 0.450. The first-order chi connectivity index (χ1) is 7.49. The van der Waals surface area contributed by atoms with Gasteiger partial charge in [-0.05, 0) is 0 Å². The zero-order valence-corrected chi connectivity index (χ0v) is 15.3. The Balaban J connectivity index is 5.32. The summed E-state index contributed by atoms with van der Waals surface area (Å²) in [7, 11) is 3.39. The first-order valence-corrected chi connectivity index (χ1v) is 17.3. The van der Waals surface area contributed by atoms with Gasteiger partial charge >= 0.3 is 102 Å². The summed E-state index contributed by atoms with van der Waals surface area (Å²) in [5, 5.41) is 1.73. The Labute approximate surface area is 102 Å². The van der Waals surface area contributed by atoms with Crippen molar-refractivity contribution in [3.8, 4) is 0 Å². The van der Waals surface area contributed by atoms with E-state index in [2.05, 4.69) is 34.6 Å². The maximum atomic E-state index is 5.36. The average Bonchev–Trinajstić information content (AvgIpc) is 2.35. The predicted octanol–water partition coefficient (Wildman–Crippen LogP) is 4.20. The number of nitrogens with zero attached hydrogens (tertiary/aromatic N) is 1. The maximum absolute atomic E-state index is 5.36. The summed E-state index contributed by atoms with van der Waals surface area (Å²) in [5.74, 6) is 0. The fourth-order valence-corrected chi connectivity index (χ4v) is 22.9.